The molecular weight excluding hydrogens is 375 g/mol. The lowest BCUT2D eigenvalue weighted by Gasteiger charge is -2.15. The van der Waals surface area contributed by atoms with E-state index in [1.165, 1.54) is 17.4 Å². The molecule has 1 amide bonds. The van der Waals surface area contributed by atoms with Gasteiger partial charge in [0.05, 0.1) is 11.6 Å². The second kappa shape index (κ2) is 6.33. The van der Waals surface area contributed by atoms with Crippen LogP contribution in [0, 0.1) is 3.57 Å². The Bertz CT molecular complexity index is 572. The van der Waals surface area contributed by atoms with Crippen molar-refractivity contribution in [1.29, 1.82) is 0 Å². The van der Waals surface area contributed by atoms with Crippen molar-refractivity contribution in [2.75, 3.05) is 0 Å². The molecule has 0 aliphatic carbocycles. The SMILES string of the molecule is CCC(NC(=O)c1cc(I)ccc1O)c1nccs1. The third-order valence-corrected chi connectivity index (χ3v) is 4.23. The number of aromatic nitrogens is 1. The van der Waals surface area contributed by atoms with E-state index in [-0.39, 0.29) is 17.7 Å². The van der Waals surface area contributed by atoms with E-state index in [0.29, 0.717) is 5.56 Å². The smallest absolute Gasteiger partial charge is 0.255 e. The van der Waals surface area contributed by atoms with Gasteiger partial charge in [0.15, 0.2) is 0 Å². The van der Waals surface area contributed by atoms with Crippen LogP contribution < -0.4 is 5.32 Å². The molecule has 0 saturated heterocycles. The maximum atomic E-state index is 12.2. The van der Waals surface area contributed by atoms with Crippen LogP contribution in [-0.4, -0.2) is 16.0 Å². The number of rotatable bonds is 4. The molecule has 1 aromatic carbocycles. The molecule has 0 saturated carbocycles. The summed E-state index contributed by atoms with van der Waals surface area (Å²) in [6, 6.07) is 4.83. The standard InChI is InChI=1S/C13H13IN2O2S/c1-2-10(13-15-5-6-19-13)16-12(18)9-7-8(14)3-4-11(9)17/h3-7,10,17H,2H2,1H3,(H,16,18). The van der Waals surface area contributed by atoms with Gasteiger partial charge in [-0.1, -0.05) is 6.92 Å². The highest BCUT2D eigenvalue weighted by Gasteiger charge is 2.18. The third kappa shape index (κ3) is 3.44. The third-order valence-electron chi connectivity index (χ3n) is 2.67. The molecular formula is C13H13IN2O2S. The van der Waals surface area contributed by atoms with Crippen molar-refractivity contribution >= 4 is 39.8 Å². The second-order valence-corrected chi connectivity index (χ2v) is 6.14. The number of hydrogen-bond donors (Lipinski definition) is 2. The molecule has 0 aliphatic heterocycles. The first-order chi connectivity index (χ1) is 9.11. The first-order valence-corrected chi connectivity index (χ1v) is 7.76. The van der Waals surface area contributed by atoms with Crippen LogP contribution in [0.4, 0.5) is 0 Å². The first kappa shape index (κ1) is 14.3. The van der Waals surface area contributed by atoms with Crippen LogP contribution in [0.3, 0.4) is 0 Å². The minimum Gasteiger partial charge on any atom is -0.507 e. The molecule has 0 bridgehead atoms. The summed E-state index contributed by atoms with van der Waals surface area (Å²) in [5, 5.41) is 15.4. The van der Waals surface area contributed by atoms with Gasteiger partial charge in [-0.15, -0.1) is 11.3 Å². The van der Waals surface area contributed by atoms with E-state index in [2.05, 4.69) is 32.9 Å². The molecule has 1 atom stereocenters. The molecule has 1 heterocycles. The van der Waals surface area contributed by atoms with Gasteiger partial charge >= 0.3 is 0 Å². The van der Waals surface area contributed by atoms with Crippen molar-refractivity contribution in [3.8, 4) is 5.75 Å². The highest BCUT2D eigenvalue weighted by molar-refractivity contribution is 14.1. The quantitative estimate of drug-likeness (QED) is 0.790. The number of nitrogens with one attached hydrogen (secondary N) is 1. The number of amides is 1. The number of aromatic hydroxyl groups is 1. The summed E-state index contributed by atoms with van der Waals surface area (Å²) in [7, 11) is 0. The maximum Gasteiger partial charge on any atom is 0.255 e. The maximum absolute atomic E-state index is 12.2. The Balaban J connectivity index is 2.18. The normalized spacial score (nSPS) is 12.1. The number of carbonyl (C=O) groups is 1. The van der Waals surface area contributed by atoms with Gasteiger partial charge in [0.25, 0.3) is 5.91 Å². The fourth-order valence-corrected chi connectivity index (χ4v) is 2.94. The summed E-state index contributed by atoms with van der Waals surface area (Å²) >= 11 is 3.62. The number of nitrogens with zero attached hydrogens (tertiary/aromatic N) is 1. The second-order valence-electron chi connectivity index (χ2n) is 3.97. The Hall–Kier alpha value is -1.15. The number of hydrogen-bond acceptors (Lipinski definition) is 4. The van der Waals surface area contributed by atoms with Crippen molar-refractivity contribution < 1.29 is 9.90 Å². The minimum atomic E-state index is -0.280. The van der Waals surface area contributed by atoms with Crippen molar-refractivity contribution in [2.24, 2.45) is 0 Å². The first-order valence-electron chi connectivity index (χ1n) is 5.80. The number of benzene rings is 1. The largest absolute Gasteiger partial charge is 0.507 e. The molecule has 4 nitrogen and oxygen atoms in total. The molecule has 0 aliphatic rings. The molecule has 100 valence electrons. The van der Waals surface area contributed by atoms with Gasteiger partial charge in [0.2, 0.25) is 0 Å². The van der Waals surface area contributed by atoms with E-state index >= 15 is 0 Å². The number of phenols is 1. The zero-order valence-corrected chi connectivity index (χ0v) is 13.2. The van der Waals surface area contributed by atoms with E-state index in [9.17, 15) is 9.90 Å². The number of halogens is 1. The molecule has 6 heteroatoms. The Morgan fingerprint density at radius 3 is 3.00 bits per heavy atom. The van der Waals surface area contributed by atoms with Crippen molar-refractivity contribution in [2.45, 2.75) is 19.4 Å². The number of phenolic OH excluding ortho intramolecular Hbond substituents is 1. The van der Waals surface area contributed by atoms with Crippen LogP contribution in [-0.2, 0) is 0 Å². The number of thiazole rings is 1. The Morgan fingerprint density at radius 1 is 1.58 bits per heavy atom. The summed E-state index contributed by atoms with van der Waals surface area (Å²) in [5.41, 5.74) is 0.293. The van der Waals surface area contributed by atoms with E-state index in [1.807, 2.05) is 12.3 Å². The van der Waals surface area contributed by atoms with Gasteiger partial charge < -0.3 is 10.4 Å². The Morgan fingerprint density at radius 2 is 2.37 bits per heavy atom. The summed E-state index contributed by atoms with van der Waals surface area (Å²) in [6.45, 7) is 1.99. The molecule has 0 spiro atoms. The molecule has 2 N–H and O–H groups in total. The highest BCUT2D eigenvalue weighted by atomic mass is 127. The lowest BCUT2D eigenvalue weighted by Crippen LogP contribution is -2.28. The predicted octanol–water partition coefficient (Wildman–Crippen LogP) is 3.33. The topological polar surface area (TPSA) is 62.2 Å². The van der Waals surface area contributed by atoms with Crippen LogP contribution in [0.5, 0.6) is 5.75 Å². The Kier molecular flexibility index (Phi) is 4.76. The van der Waals surface area contributed by atoms with Crippen molar-refractivity contribution in [3.63, 3.8) is 0 Å². The lowest BCUT2D eigenvalue weighted by atomic mass is 10.1. The molecule has 0 fully saturated rings. The van der Waals surface area contributed by atoms with Gasteiger partial charge in [-0.05, 0) is 47.2 Å². The summed E-state index contributed by atoms with van der Waals surface area (Å²) in [5.74, 6) is -0.287. The van der Waals surface area contributed by atoms with Gasteiger partial charge in [-0.3, -0.25) is 4.79 Å². The summed E-state index contributed by atoms with van der Waals surface area (Å²) < 4.78 is 0.905. The van der Waals surface area contributed by atoms with E-state index in [1.54, 1.807) is 18.3 Å². The van der Waals surface area contributed by atoms with E-state index in [0.717, 1.165) is 15.0 Å². The van der Waals surface area contributed by atoms with Gasteiger partial charge in [-0.25, -0.2) is 4.98 Å². The highest BCUT2D eigenvalue weighted by Crippen LogP contribution is 2.23. The fourth-order valence-electron chi connectivity index (χ4n) is 1.67. The zero-order chi connectivity index (χ0) is 13.8. The average Bonchev–Trinajstić information content (AvgIpc) is 2.92. The van der Waals surface area contributed by atoms with Gasteiger partial charge in [-0.2, -0.15) is 0 Å². The minimum absolute atomic E-state index is 0.00749. The van der Waals surface area contributed by atoms with Crippen LogP contribution in [0.15, 0.2) is 29.8 Å². The van der Waals surface area contributed by atoms with Crippen molar-refractivity contribution in [1.82, 2.24) is 10.3 Å². The predicted molar refractivity (Wildman–Crippen MR) is 83.4 cm³/mol. The van der Waals surface area contributed by atoms with Gasteiger partial charge in [0.1, 0.15) is 10.8 Å². The summed E-state index contributed by atoms with van der Waals surface area (Å²) in [6.07, 6.45) is 2.47. The van der Waals surface area contributed by atoms with Gasteiger partial charge in [0, 0.05) is 15.1 Å². The van der Waals surface area contributed by atoms with Crippen LogP contribution in [0.25, 0.3) is 0 Å². The van der Waals surface area contributed by atoms with E-state index in [4.69, 9.17) is 0 Å². The molecule has 19 heavy (non-hydrogen) atoms. The summed E-state index contributed by atoms with van der Waals surface area (Å²) in [4.78, 5) is 16.4. The number of carbonyl (C=O) groups excluding carboxylic acids is 1. The fraction of sp³-hybridized carbons (Fsp3) is 0.231. The van der Waals surface area contributed by atoms with Crippen LogP contribution in [0.1, 0.15) is 34.8 Å². The molecule has 2 aromatic rings. The van der Waals surface area contributed by atoms with Crippen LogP contribution >= 0.6 is 33.9 Å². The van der Waals surface area contributed by atoms with Crippen LogP contribution in [0.2, 0.25) is 0 Å². The molecule has 0 radical (unpaired) electrons. The average molecular weight is 388 g/mol. The van der Waals surface area contributed by atoms with Crippen molar-refractivity contribution in [3.05, 3.63) is 43.9 Å². The molecule has 2 rings (SSSR count). The zero-order valence-electron chi connectivity index (χ0n) is 10.3. The Labute approximate surface area is 129 Å². The monoisotopic (exact) mass is 388 g/mol. The molecule has 1 unspecified atom stereocenters. The molecule has 1 aromatic heterocycles. The van der Waals surface area contributed by atoms with E-state index < -0.39 is 0 Å². The lowest BCUT2D eigenvalue weighted by molar-refractivity contribution is 0.0932.